The zero-order chi connectivity index (χ0) is 19.3. The maximum Gasteiger partial charge on any atom is 0.321 e. The van der Waals surface area contributed by atoms with Crippen molar-refractivity contribution in [2.45, 2.75) is 25.2 Å². The molecule has 2 N–H and O–H groups in total. The highest BCUT2D eigenvalue weighted by Crippen LogP contribution is 2.43. The molecule has 3 aromatic rings. The van der Waals surface area contributed by atoms with Gasteiger partial charge in [0.15, 0.2) is 5.65 Å². The van der Waals surface area contributed by atoms with E-state index in [0.29, 0.717) is 30.2 Å². The summed E-state index contributed by atoms with van der Waals surface area (Å²) in [6.45, 7) is 2.78. The second-order valence-electron chi connectivity index (χ2n) is 7.39. The van der Waals surface area contributed by atoms with E-state index in [1.165, 1.54) is 0 Å². The molecular formula is C20H20N6O2. The van der Waals surface area contributed by atoms with Crippen LogP contribution in [0.1, 0.15) is 24.2 Å². The highest BCUT2D eigenvalue weighted by atomic mass is 16.2. The number of benzene rings is 1. The average molecular weight is 376 g/mol. The number of para-hydroxylation sites is 1. The van der Waals surface area contributed by atoms with E-state index in [9.17, 15) is 9.59 Å². The van der Waals surface area contributed by atoms with Gasteiger partial charge in [-0.15, -0.1) is 0 Å². The highest BCUT2D eigenvalue weighted by molar-refractivity contribution is 6.07. The standard InChI is InChI=1S/C20H20N6O2/c1-13-21-17-16(8-4-11-26(17)24-13)23-19(28)25-10-5-9-20(12-25)14-6-2-3-7-15(14)22-18(20)27/h2-4,6-8,11H,5,9-10,12H2,1H3,(H,22,27)(H,23,28)/t20-/m1/s1. The van der Waals surface area contributed by atoms with Gasteiger partial charge in [0.25, 0.3) is 0 Å². The topological polar surface area (TPSA) is 91.6 Å². The molecule has 2 aliphatic rings. The first kappa shape index (κ1) is 16.7. The van der Waals surface area contributed by atoms with Gasteiger partial charge >= 0.3 is 6.03 Å². The number of carbonyl (C=O) groups excluding carboxylic acids is 2. The molecule has 0 bridgehead atoms. The van der Waals surface area contributed by atoms with Gasteiger partial charge in [-0.1, -0.05) is 18.2 Å². The van der Waals surface area contributed by atoms with Gasteiger partial charge in [0, 0.05) is 25.0 Å². The van der Waals surface area contributed by atoms with Crippen molar-refractivity contribution in [3.8, 4) is 0 Å². The van der Waals surface area contributed by atoms with Crippen LogP contribution >= 0.6 is 0 Å². The fourth-order valence-electron chi connectivity index (χ4n) is 4.31. The highest BCUT2D eigenvalue weighted by Gasteiger charge is 2.49. The fourth-order valence-corrected chi connectivity index (χ4v) is 4.31. The van der Waals surface area contributed by atoms with Gasteiger partial charge in [-0.25, -0.2) is 14.3 Å². The monoisotopic (exact) mass is 376 g/mol. The summed E-state index contributed by atoms with van der Waals surface area (Å²) < 4.78 is 1.64. The first-order chi connectivity index (χ1) is 13.6. The van der Waals surface area contributed by atoms with Crippen LogP contribution in [0.2, 0.25) is 0 Å². The number of aromatic nitrogens is 3. The predicted octanol–water partition coefficient (Wildman–Crippen LogP) is 2.56. The Labute approximate surface area is 161 Å². The molecular weight excluding hydrogens is 356 g/mol. The number of anilines is 2. The minimum Gasteiger partial charge on any atom is -0.325 e. The van der Waals surface area contributed by atoms with Crippen LogP contribution in [0, 0.1) is 6.92 Å². The summed E-state index contributed by atoms with van der Waals surface area (Å²) in [7, 11) is 0. The lowest BCUT2D eigenvalue weighted by Gasteiger charge is -2.38. The smallest absolute Gasteiger partial charge is 0.321 e. The summed E-state index contributed by atoms with van der Waals surface area (Å²) in [5.41, 5.74) is 2.35. The first-order valence-electron chi connectivity index (χ1n) is 9.36. The molecule has 1 atom stereocenters. The number of carbonyl (C=O) groups is 2. The number of likely N-dealkylation sites (tertiary alicyclic amines) is 1. The summed E-state index contributed by atoms with van der Waals surface area (Å²) in [4.78, 5) is 31.9. The van der Waals surface area contributed by atoms with E-state index in [1.54, 1.807) is 21.7 Å². The van der Waals surface area contributed by atoms with Crippen LogP contribution in [0.5, 0.6) is 0 Å². The molecule has 1 saturated heterocycles. The fraction of sp³-hybridized carbons (Fsp3) is 0.300. The molecule has 2 aromatic heterocycles. The third-order valence-electron chi connectivity index (χ3n) is 5.61. The molecule has 0 radical (unpaired) electrons. The van der Waals surface area contributed by atoms with Crippen LogP contribution in [0.25, 0.3) is 5.65 Å². The molecule has 28 heavy (non-hydrogen) atoms. The van der Waals surface area contributed by atoms with Crippen LogP contribution in [0.3, 0.4) is 0 Å². The Kier molecular flexibility index (Phi) is 3.61. The van der Waals surface area contributed by atoms with E-state index < -0.39 is 5.41 Å². The van der Waals surface area contributed by atoms with E-state index in [1.807, 2.05) is 37.3 Å². The number of hydrogen-bond donors (Lipinski definition) is 2. The largest absolute Gasteiger partial charge is 0.325 e. The van der Waals surface area contributed by atoms with Gasteiger partial charge in [-0.05, 0) is 43.5 Å². The van der Waals surface area contributed by atoms with Crippen LogP contribution in [-0.4, -0.2) is 44.5 Å². The maximum absolute atomic E-state index is 13.0. The number of aryl methyl sites for hydroxylation is 1. The number of urea groups is 1. The summed E-state index contributed by atoms with van der Waals surface area (Å²) in [5.74, 6) is 0.610. The summed E-state index contributed by atoms with van der Waals surface area (Å²) in [6.07, 6.45) is 3.29. The zero-order valence-electron chi connectivity index (χ0n) is 15.5. The van der Waals surface area contributed by atoms with Crippen molar-refractivity contribution in [1.82, 2.24) is 19.5 Å². The number of pyridine rings is 1. The Bertz CT molecular complexity index is 1110. The van der Waals surface area contributed by atoms with Crippen LogP contribution < -0.4 is 10.6 Å². The lowest BCUT2D eigenvalue weighted by molar-refractivity contribution is -0.122. The minimum atomic E-state index is -0.677. The van der Waals surface area contributed by atoms with Gasteiger partial charge < -0.3 is 15.5 Å². The zero-order valence-corrected chi connectivity index (χ0v) is 15.5. The maximum atomic E-state index is 13.0. The Hall–Kier alpha value is -3.42. The van der Waals surface area contributed by atoms with Gasteiger partial charge in [0.1, 0.15) is 5.82 Å². The minimum absolute atomic E-state index is 0.0265. The molecule has 142 valence electrons. The first-order valence-corrected chi connectivity index (χ1v) is 9.36. The van der Waals surface area contributed by atoms with Crippen LogP contribution in [0.15, 0.2) is 42.6 Å². The third kappa shape index (κ3) is 2.45. The lowest BCUT2D eigenvalue weighted by atomic mass is 9.75. The van der Waals surface area contributed by atoms with Crippen molar-refractivity contribution in [1.29, 1.82) is 0 Å². The Morgan fingerprint density at radius 1 is 1.25 bits per heavy atom. The van der Waals surface area contributed by atoms with Crippen LogP contribution in [0.4, 0.5) is 16.2 Å². The molecule has 0 aliphatic carbocycles. The molecule has 0 saturated carbocycles. The molecule has 8 nitrogen and oxygen atoms in total. The average Bonchev–Trinajstić information content (AvgIpc) is 3.20. The van der Waals surface area contributed by atoms with Gasteiger partial charge in [0.05, 0.1) is 11.1 Å². The Morgan fingerprint density at radius 3 is 3.00 bits per heavy atom. The van der Waals surface area contributed by atoms with Gasteiger partial charge in [-0.3, -0.25) is 4.79 Å². The molecule has 1 fully saturated rings. The molecule has 0 unspecified atom stereocenters. The number of hydrogen-bond acceptors (Lipinski definition) is 4. The molecule has 8 heteroatoms. The second kappa shape index (κ2) is 6.05. The van der Waals surface area contributed by atoms with Gasteiger partial charge in [0.2, 0.25) is 5.91 Å². The molecule has 1 aromatic carbocycles. The van der Waals surface area contributed by atoms with E-state index in [-0.39, 0.29) is 11.9 Å². The van der Waals surface area contributed by atoms with Crippen LogP contribution in [-0.2, 0) is 10.2 Å². The number of amides is 3. The number of nitrogens with zero attached hydrogens (tertiary/aromatic N) is 4. The number of fused-ring (bicyclic) bond motifs is 3. The van der Waals surface area contributed by atoms with Gasteiger partial charge in [-0.2, -0.15) is 5.10 Å². The quantitative estimate of drug-likeness (QED) is 0.683. The molecule has 3 amide bonds. The number of piperidine rings is 1. The van der Waals surface area contributed by atoms with Crippen molar-refractivity contribution in [3.63, 3.8) is 0 Å². The van der Waals surface area contributed by atoms with Crippen molar-refractivity contribution in [2.75, 3.05) is 23.7 Å². The summed E-state index contributed by atoms with van der Waals surface area (Å²) in [5, 5.41) is 10.2. The molecule has 2 aliphatic heterocycles. The second-order valence-corrected chi connectivity index (χ2v) is 7.39. The normalized spacial score (nSPS) is 21.0. The molecule has 5 rings (SSSR count). The third-order valence-corrected chi connectivity index (χ3v) is 5.61. The predicted molar refractivity (Wildman–Crippen MR) is 104 cm³/mol. The Morgan fingerprint density at radius 2 is 2.11 bits per heavy atom. The van der Waals surface area contributed by atoms with E-state index >= 15 is 0 Å². The summed E-state index contributed by atoms with van der Waals surface area (Å²) >= 11 is 0. The number of rotatable bonds is 1. The van der Waals surface area contributed by atoms with Crippen molar-refractivity contribution < 1.29 is 9.59 Å². The van der Waals surface area contributed by atoms with Crippen molar-refractivity contribution in [2.24, 2.45) is 0 Å². The van der Waals surface area contributed by atoms with E-state index in [4.69, 9.17) is 0 Å². The summed E-state index contributed by atoms with van der Waals surface area (Å²) in [6, 6.07) is 11.1. The molecule has 4 heterocycles. The van der Waals surface area contributed by atoms with Crippen molar-refractivity contribution >= 4 is 29.0 Å². The SMILES string of the molecule is Cc1nc2c(NC(=O)N3CCC[C@]4(C3)C(=O)Nc3ccccc34)cccn2n1. The van der Waals surface area contributed by atoms with E-state index in [2.05, 4.69) is 20.7 Å². The van der Waals surface area contributed by atoms with Crippen molar-refractivity contribution in [3.05, 3.63) is 54.0 Å². The lowest BCUT2D eigenvalue weighted by Crippen LogP contribution is -2.52. The Balaban J connectivity index is 1.42. The van der Waals surface area contributed by atoms with E-state index in [0.717, 1.165) is 24.1 Å². The number of nitrogens with one attached hydrogen (secondary N) is 2. The molecule has 1 spiro atoms.